The maximum Gasteiger partial charge on any atom is 0.282 e. The third-order valence-corrected chi connectivity index (χ3v) is 5.47. The van der Waals surface area contributed by atoms with Crippen LogP contribution >= 0.6 is 11.8 Å². The number of thioether (sulfide) groups is 1. The lowest BCUT2D eigenvalue weighted by molar-refractivity contribution is 0.218. The highest BCUT2D eigenvalue weighted by Gasteiger charge is 2.15. The van der Waals surface area contributed by atoms with Gasteiger partial charge in [-0.15, -0.1) is 0 Å². The summed E-state index contributed by atoms with van der Waals surface area (Å²) in [6.45, 7) is 3.39. The molecule has 3 rings (SSSR count). The van der Waals surface area contributed by atoms with Crippen molar-refractivity contribution < 1.29 is 4.79 Å². The molecule has 0 aromatic heterocycles. The second-order valence-corrected chi connectivity index (χ2v) is 7.48. The van der Waals surface area contributed by atoms with Crippen LogP contribution in [-0.4, -0.2) is 10.1 Å². The van der Waals surface area contributed by atoms with Crippen molar-refractivity contribution in [2.75, 3.05) is 0 Å². The fourth-order valence-corrected chi connectivity index (χ4v) is 3.69. The first kappa shape index (κ1) is 19.2. The largest absolute Gasteiger partial charge is 0.325 e. The molecular formula is C24H25NOS. The van der Waals surface area contributed by atoms with Gasteiger partial charge in [0.05, 0.1) is 0 Å². The molecule has 1 amide bonds. The average molecular weight is 376 g/mol. The van der Waals surface area contributed by atoms with Crippen molar-refractivity contribution in [1.29, 1.82) is 0 Å². The molecule has 0 atom stereocenters. The zero-order chi connectivity index (χ0) is 18.9. The van der Waals surface area contributed by atoms with Crippen LogP contribution < -0.4 is 0 Å². The van der Waals surface area contributed by atoms with E-state index in [1.54, 1.807) is 0 Å². The van der Waals surface area contributed by atoms with Gasteiger partial charge in [-0.2, -0.15) is 0 Å². The Kier molecular flexibility index (Phi) is 7.11. The van der Waals surface area contributed by atoms with Crippen molar-refractivity contribution in [3.63, 3.8) is 0 Å². The molecule has 0 spiro atoms. The molecule has 3 aromatic carbocycles. The molecule has 0 bridgehead atoms. The number of benzene rings is 3. The molecule has 0 saturated heterocycles. The van der Waals surface area contributed by atoms with Crippen molar-refractivity contribution in [3.05, 3.63) is 107 Å². The SMILES string of the molecule is CCc1ccc(CSC(=O)N(Cc2ccccc2)Cc2ccccc2)cc1. The molecule has 138 valence electrons. The van der Waals surface area contributed by atoms with Gasteiger partial charge in [0.25, 0.3) is 5.24 Å². The molecule has 3 aromatic rings. The molecule has 0 saturated carbocycles. The highest BCUT2D eigenvalue weighted by atomic mass is 32.2. The minimum Gasteiger partial charge on any atom is -0.325 e. The number of aryl methyl sites for hydroxylation is 1. The van der Waals surface area contributed by atoms with Crippen LogP contribution in [-0.2, 0) is 25.3 Å². The number of carbonyl (C=O) groups excluding carboxylic acids is 1. The zero-order valence-electron chi connectivity index (χ0n) is 15.7. The van der Waals surface area contributed by atoms with Gasteiger partial charge in [0.15, 0.2) is 0 Å². The van der Waals surface area contributed by atoms with E-state index < -0.39 is 0 Å². The van der Waals surface area contributed by atoms with E-state index in [9.17, 15) is 4.79 Å². The summed E-state index contributed by atoms with van der Waals surface area (Å²) in [4.78, 5) is 14.9. The Morgan fingerprint density at radius 3 is 1.67 bits per heavy atom. The van der Waals surface area contributed by atoms with E-state index in [-0.39, 0.29) is 5.24 Å². The second kappa shape index (κ2) is 9.98. The molecule has 0 radical (unpaired) electrons. The maximum absolute atomic E-state index is 12.9. The molecular weight excluding hydrogens is 350 g/mol. The predicted molar refractivity (Wildman–Crippen MR) is 115 cm³/mol. The summed E-state index contributed by atoms with van der Waals surface area (Å²) in [6.07, 6.45) is 1.04. The normalized spacial score (nSPS) is 10.6. The molecule has 3 heteroatoms. The Balaban J connectivity index is 1.67. The smallest absolute Gasteiger partial charge is 0.282 e. The van der Waals surface area contributed by atoms with E-state index in [1.807, 2.05) is 41.3 Å². The summed E-state index contributed by atoms with van der Waals surface area (Å²) >= 11 is 1.38. The van der Waals surface area contributed by atoms with Gasteiger partial charge in [-0.05, 0) is 28.7 Å². The van der Waals surface area contributed by atoms with Crippen LogP contribution in [0.2, 0.25) is 0 Å². The number of carbonyl (C=O) groups is 1. The molecule has 0 N–H and O–H groups in total. The molecule has 2 nitrogen and oxygen atoms in total. The Morgan fingerprint density at radius 2 is 1.19 bits per heavy atom. The molecule has 0 unspecified atom stereocenters. The number of nitrogens with zero attached hydrogens (tertiary/aromatic N) is 1. The van der Waals surface area contributed by atoms with Crippen LogP contribution in [0.5, 0.6) is 0 Å². The standard InChI is InChI=1S/C24H25NOS/c1-2-20-13-15-23(16-14-20)19-27-24(26)25(17-21-9-5-3-6-10-21)18-22-11-7-4-8-12-22/h3-16H,2,17-19H2,1H3. The van der Waals surface area contributed by atoms with Gasteiger partial charge >= 0.3 is 0 Å². The quantitative estimate of drug-likeness (QED) is 0.483. The molecule has 0 aliphatic carbocycles. The summed E-state index contributed by atoms with van der Waals surface area (Å²) < 4.78 is 0. The molecule has 0 heterocycles. The van der Waals surface area contributed by atoms with Gasteiger partial charge in [-0.3, -0.25) is 4.79 Å². The van der Waals surface area contributed by atoms with Crippen LogP contribution in [0.3, 0.4) is 0 Å². The summed E-state index contributed by atoms with van der Waals surface area (Å²) in [5.41, 5.74) is 4.80. The minimum atomic E-state index is 0.113. The van der Waals surface area contributed by atoms with E-state index in [2.05, 4.69) is 55.5 Å². The lowest BCUT2D eigenvalue weighted by Crippen LogP contribution is -2.26. The Morgan fingerprint density at radius 1 is 0.704 bits per heavy atom. The van der Waals surface area contributed by atoms with Gasteiger partial charge in [0, 0.05) is 18.8 Å². The number of rotatable bonds is 7. The summed E-state index contributed by atoms with van der Waals surface area (Å²) in [7, 11) is 0. The topological polar surface area (TPSA) is 20.3 Å². The zero-order valence-corrected chi connectivity index (χ0v) is 16.5. The first-order valence-corrected chi connectivity index (χ1v) is 10.3. The Bertz CT molecular complexity index is 790. The van der Waals surface area contributed by atoms with Gasteiger partial charge in [-0.25, -0.2) is 0 Å². The number of hydrogen-bond acceptors (Lipinski definition) is 2. The molecule has 0 aliphatic rings. The van der Waals surface area contributed by atoms with Gasteiger partial charge in [-0.1, -0.05) is 104 Å². The lowest BCUT2D eigenvalue weighted by atomic mass is 10.1. The lowest BCUT2D eigenvalue weighted by Gasteiger charge is -2.22. The van der Waals surface area contributed by atoms with Crippen LogP contribution in [0.4, 0.5) is 4.79 Å². The van der Waals surface area contributed by atoms with Crippen LogP contribution in [0.1, 0.15) is 29.2 Å². The summed E-state index contributed by atoms with van der Waals surface area (Å²) in [5.74, 6) is 0.697. The van der Waals surface area contributed by atoms with Crippen molar-refractivity contribution in [2.24, 2.45) is 0 Å². The van der Waals surface area contributed by atoms with E-state index >= 15 is 0 Å². The third kappa shape index (κ3) is 6.00. The average Bonchev–Trinajstić information content (AvgIpc) is 2.73. The van der Waals surface area contributed by atoms with Gasteiger partial charge in [0.2, 0.25) is 0 Å². The summed E-state index contributed by atoms with van der Waals surface area (Å²) in [5, 5.41) is 0.113. The van der Waals surface area contributed by atoms with Crippen LogP contribution in [0.25, 0.3) is 0 Å². The molecule has 0 fully saturated rings. The van der Waals surface area contributed by atoms with Crippen LogP contribution in [0, 0.1) is 0 Å². The monoisotopic (exact) mass is 375 g/mol. The van der Waals surface area contributed by atoms with Crippen LogP contribution in [0.15, 0.2) is 84.9 Å². The van der Waals surface area contributed by atoms with Gasteiger partial charge in [0.1, 0.15) is 0 Å². The second-order valence-electron chi connectivity index (χ2n) is 6.55. The Labute approximate surface area is 166 Å². The highest BCUT2D eigenvalue weighted by Crippen LogP contribution is 2.20. The fraction of sp³-hybridized carbons (Fsp3) is 0.208. The first-order valence-electron chi connectivity index (χ1n) is 9.32. The minimum absolute atomic E-state index is 0.113. The fourth-order valence-electron chi connectivity index (χ4n) is 2.90. The third-order valence-electron chi connectivity index (χ3n) is 4.48. The number of hydrogen-bond donors (Lipinski definition) is 0. The van der Waals surface area contributed by atoms with Crippen molar-refractivity contribution in [1.82, 2.24) is 4.90 Å². The predicted octanol–water partition coefficient (Wildman–Crippen LogP) is 6.30. The highest BCUT2D eigenvalue weighted by molar-refractivity contribution is 8.12. The van der Waals surface area contributed by atoms with E-state index in [1.165, 1.54) is 22.9 Å². The summed E-state index contributed by atoms with van der Waals surface area (Å²) in [6, 6.07) is 28.9. The Hall–Kier alpha value is -2.52. The van der Waals surface area contributed by atoms with Gasteiger partial charge < -0.3 is 4.90 Å². The number of amides is 1. The molecule has 27 heavy (non-hydrogen) atoms. The van der Waals surface area contributed by atoms with Crippen molar-refractivity contribution in [2.45, 2.75) is 32.2 Å². The van der Waals surface area contributed by atoms with E-state index in [0.717, 1.165) is 17.5 Å². The van der Waals surface area contributed by atoms with E-state index in [4.69, 9.17) is 0 Å². The maximum atomic E-state index is 12.9. The molecule has 0 aliphatic heterocycles. The van der Waals surface area contributed by atoms with E-state index in [0.29, 0.717) is 18.8 Å². The van der Waals surface area contributed by atoms with Crippen molar-refractivity contribution >= 4 is 17.0 Å². The van der Waals surface area contributed by atoms with Crippen molar-refractivity contribution in [3.8, 4) is 0 Å². The first-order chi connectivity index (χ1) is 13.2.